The van der Waals surface area contributed by atoms with Crippen molar-refractivity contribution in [3.63, 3.8) is 0 Å². The van der Waals surface area contributed by atoms with Crippen LogP contribution in [0.3, 0.4) is 0 Å². The lowest BCUT2D eigenvalue weighted by molar-refractivity contribution is 0.104. The highest BCUT2D eigenvalue weighted by Crippen LogP contribution is 2.30. The molecular weight excluding hydrogens is 212 g/mol. The average Bonchev–Trinajstić information content (AvgIpc) is 2.41. The quantitative estimate of drug-likeness (QED) is 0.707. The van der Waals surface area contributed by atoms with Crippen LogP contribution in [0.1, 0.15) is 47.5 Å². The van der Waals surface area contributed by atoms with Gasteiger partial charge in [-0.15, -0.1) is 0 Å². The Balaban J connectivity index is 0.000000368. The number of benzene rings is 1. The molecule has 0 bridgehead atoms. The van der Waals surface area contributed by atoms with E-state index in [2.05, 4.69) is 13.8 Å². The van der Waals surface area contributed by atoms with Crippen LogP contribution in [0.15, 0.2) is 24.3 Å². The van der Waals surface area contributed by atoms with E-state index in [1.807, 2.05) is 45.0 Å². The lowest BCUT2D eigenvalue weighted by Crippen LogP contribution is -2.25. The Labute approximate surface area is 106 Å². The largest absolute Gasteiger partial charge is 0.486 e. The molecule has 1 heterocycles. The van der Waals surface area contributed by atoms with Crippen LogP contribution in [-0.2, 0) is 0 Å². The molecule has 0 amide bonds. The van der Waals surface area contributed by atoms with Crippen LogP contribution in [0, 0.1) is 0 Å². The van der Waals surface area contributed by atoms with Crippen LogP contribution in [0.4, 0.5) is 0 Å². The van der Waals surface area contributed by atoms with E-state index in [4.69, 9.17) is 9.47 Å². The monoisotopic (exact) mass is 238 g/mol. The van der Waals surface area contributed by atoms with E-state index in [-0.39, 0.29) is 6.10 Å². The maximum atomic E-state index is 5.51. The van der Waals surface area contributed by atoms with Crippen LogP contribution in [0.2, 0.25) is 0 Å². The van der Waals surface area contributed by atoms with Crippen LogP contribution in [-0.4, -0.2) is 12.7 Å². The maximum Gasteiger partial charge on any atom is 0.161 e. The first-order chi connectivity index (χ1) is 8.27. The minimum atomic E-state index is 0.171. The SMILES string of the molecule is CC.CC1COc2ccccc2O1.CCCC. The fraction of sp³-hybridized carbons (Fsp3) is 0.600. The molecule has 0 aliphatic carbocycles. The van der Waals surface area contributed by atoms with Crippen molar-refractivity contribution in [1.82, 2.24) is 0 Å². The van der Waals surface area contributed by atoms with Crippen molar-refractivity contribution < 1.29 is 9.47 Å². The molecule has 1 aliphatic heterocycles. The third-order valence-electron chi connectivity index (χ3n) is 2.15. The molecule has 0 radical (unpaired) electrons. The Bertz CT molecular complexity index is 282. The molecule has 0 N–H and O–H groups in total. The predicted molar refractivity (Wildman–Crippen MR) is 74.0 cm³/mol. The number of rotatable bonds is 1. The van der Waals surface area contributed by atoms with Gasteiger partial charge in [0.25, 0.3) is 0 Å². The number of ether oxygens (including phenoxy) is 2. The zero-order chi connectivity index (χ0) is 13.1. The van der Waals surface area contributed by atoms with Gasteiger partial charge in [0.15, 0.2) is 11.5 Å². The Morgan fingerprint density at radius 3 is 2.12 bits per heavy atom. The van der Waals surface area contributed by atoms with Crippen molar-refractivity contribution in [3.8, 4) is 11.5 Å². The first-order valence-electron chi connectivity index (χ1n) is 6.66. The van der Waals surface area contributed by atoms with Crippen LogP contribution in [0.5, 0.6) is 11.5 Å². The summed E-state index contributed by atoms with van der Waals surface area (Å²) in [6.45, 7) is 11.0. The Kier molecular flexibility index (Phi) is 9.31. The van der Waals surface area contributed by atoms with E-state index in [0.717, 1.165) is 11.5 Å². The molecule has 1 aliphatic rings. The molecule has 1 aromatic carbocycles. The maximum absolute atomic E-state index is 5.51. The number of fused-ring (bicyclic) bond motifs is 1. The average molecular weight is 238 g/mol. The van der Waals surface area contributed by atoms with Gasteiger partial charge < -0.3 is 9.47 Å². The normalized spacial score (nSPS) is 15.9. The molecule has 1 aromatic rings. The number of hydrogen-bond donors (Lipinski definition) is 0. The highest BCUT2D eigenvalue weighted by Gasteiger charge is 2.15. The van der Waals surface area contributed by atoms with E-state index in [9.17, 15) is 0 Å². The molecule has 1 unspecified atom stereocenters. The highest BCUT2D eigenvalue weighted by atomic mass is 16.6. The summed E-state index contributed by atoms with van der Waals surface area (Å²) in [5.74, 6) is 1.71. The summed E-state index contributed by atoms with van der Waals surface area (Å²) in [7, 11) is 0. The van der Waals surface area contributed by atoms with Crippen molar-refractivity contribution in [2.75, 3.05) is 6.61 Å². The summed E-state index contributed by atoms with van der Waals surface area (Å²) in [5.41, 5.74) is 0. The molecular formula is C15H26O2. The van der Waals surface area contributed by atoms with Crippen LogP contribution < -0.4 is 9.47 Å². The summed E-state index contributed by atoms with van der Waals surface area (Å²) >= 11 is 0. The van der Waals surface area contributed by atoms with Crippen LogP contribution in [0.25, 0.3) is 0 Å². The van der Waals surface area contributed by atoms with Gasteiger partial charge in [0.05, 0.1) is 0 Å². The number of hydrogen-bond acceptors (Lipinski definition) is 2. The molecule has 1 atom stereocenters. The highest BCUT2D eigenvalue weighted by molar-refractivity contribution is 5.40. The van der Waals surface area contributed by atoms with E-state index in [0.29, 0.717) is 6.61 Å². The van der Waals surface area contributed by atoms with E-state index < -0.39 is 0 Å². The Morgan fingerprint density at radius 1 is 1.06 bits per heavy atom. The van der Waals surface area contributed by atoms with Gasteiger partial charge in [-0.25, -0.2) is 0 Å². The van der Waals surface area contributed by atoms with Crippen molar-refractivity contribution in [2.24, 2.45) is 0 Å². The van der Waals surface area contributed by atoms with Gasteiger partial charge in [0, 0.05) is 0 Å². The topological polar surface area (TPSA) is 18.5 Å². The first-order valence-corrected chi connectivity index (χ1v) is 6.66. The van der Waals surface area contributed by atoms with Gasteiger partial charge in [-0.3, -0.25) is 0 Å². The van der Waals surface area contributed by atoms with Gasteiger partial charge in [0.2, 0.25) is 0 Å². The number of para-hydroxylation sites is 2. The fourth-order valence-corrected chi connectivity index (χ4v) is 1.12. The lowest BCUT2D eigenvalue weighted by atomic mass is 10.3. The summed E-state index contributed by atoms with van der Waals surface area (Å²) in [6, 6.07) is 7.73. The fourth-order valence-electron chi connectivity index (χ4n) is 1.12. The molecule has 2 heteroatoms. The lowest BCUT2D eigenvalue weighted by Gasteiger charge is -2.23. The minimum absolute atomic E-state index is 0.171. The van der Waals surface area contributed by atoms with E-state index in [1.54, 1.807) is 0 Å². The van der Waals surface area contributed by atoms with Gasteiger partial charge in [-0.2, -0.15) is 0 Å². The van der Waals surface area contributed by atoms with E-state index in [1.165, 1.54) is 12.8 Å². The molecule has 17 heavy (non-hydrogen) atoms. The molecule has 2 nitrogen and oxygen atoms in total. The molecule has 0 saturated carbocycles. The van der Waals surface area contributed by atoms with Gasteiger partial charge in [0.1, 0.15) is 12.7 Å². The molecule has 98 valence electrons. The molecule has 0 spiro atoms. The van der Waals surface area contributed by atoms with Crippen LogP contribution >= 0.6 is 0 Å². The molecule has 0 fully saturated rings. The summed E-state index contributed by atoms with van der Waals surface area (Å²) in [5, 5.41) is 0. The second-order valence-corrected chi connectivity index (χ2v) is 3.69. The van der Waals surface area contributed by atoms with Crippen molar-refractivity contribution >= 4 is 0 Å². The third-order valence-corrected chi connectivity index (χ3v) is 2.15. The Hall–Kier alpha value is -1.18. The van der Waals surface area contributed by atoms with Crippen molar-refractivity contribution in [3.05, 3.63) is 24.3 Å². The second-order valence-electron chi connectivity index (χ2n) is 3.69. The van der Waals surface area contributed by atoms with Crippen molar-refractivity contribution in [2.45, 2.75) is 53.6 Å². The molecule has 0 saturated heterocycles. The molecule has 2 rings (SSSR count). The zero-order valence-electron chi connectivity index (χ0n) is 11.8. The first kappa shape index (κ1) is 15.8. The summed E-state index contributed by atoms with van der Waals surface area (Å²) in [6.07, 6.45) is 2.81. The smallest absolute Gasteiger partial charge is 0.161 e. The zero-order valence-corrected chi connectivity index (χ0v) is 11.8. The van der Waals surface area contributed by atoms with Crippen molar-refractivity contribution in [1.29, 1.82) is 0 Å². The molecule has 0 aromatic heterocycles. The predicted octanol–water partition coefficient (Wildman–Crippen LogP) is 4.68. The summed E-state index contributed by atoms with van der Waals surface area (Å²) < 4.78 is 10.9. The van der Waals surface area contributed by atoms with E-state index >= 15 is 0 Å². The standard InChI is InChI=1S/C9H10O2.C4H10.C2H6/c1-7-6-10-8-4-2-3-5-9(8)11-7;1-3-4-2;1-2/h2-5,7H,6H2,1H3;3-4H2,1-2H3;1-2H3. The third kappa shape index (κ3) is 6.20. The summed E-state index contributed by atoms with van der Waals surface area (Å²) in [4.78, 5) is 0. The minimum Gasteiger partial charge on any atom is -0.486 e. The number of unbranched alkanes of at least 4 members (excludes halogenated alkanes) is 1. The van der Waals surface area contributed by atoms with Gasteiger partial charge in [-0.1, -0.05) is 52.7 Å². The Morgan fingerprint density at radius 2 is 1.59 bits per heavy atom. The second kappa shape index (κ2) is 10.0. The van der Waals surface area contributed by atoms with Gasteiger partial charge in [-0.05, 0) is 19.1 Å². The van der Waals surface area contributed by atoms with Gasteiger partial charge >= 0.3 is 0 Å².